The van der Waals surface area contributed by atoms with E-state index in [0.29, 0.717) is 6.54 Å². The van der Waals surface area contributed by atoms with E-state index in [9.17, 15) is 8.42 Å². The summed E-state index contributed by atoms with van der Waals surface area (Å²) in [5.74, 6) is 0. The van der Waals surface area contributed by atoms with Gasteiger partial charge in [-0.25, -0.2) is 18.1 Å². The first-order valence-corrected chi connectivity index (χ1v) is 7.07. The SMILES string of the molecule is N#Cc1ncccc1S(=O)(=O)NCCn1cccc1. The highest BCUT2D eigenvalue weighted by Gasteiger charge is 2.18. The minimum Gasteiger partial charge on any atom is -0.353 e. The molecular weight excluding hydrogens is 264 g/mol. The van der Waals surface area contributed by atoms with E-state index in [4.69, 9.17) is 5.26 Å². The molecule has 2 aromatic rings. The van der Waals surface area contributed by atoms with Gasteiger partial charge in [0, 0.05) is 31.7 Å². The first kappa shape index (κ1) is 13.3. The van der Waals surface area contributed by atoms with Gasteiger partial charge in [-0.05, 0) is 24.3 Å². The van der Waals surface area contributed by atoms with E-state index < -0.39 is 10.0 Å². The topological polar surface area (TPSA) is 87.8 Å². The zero-order chi connectivity index (χ0) is 13.7. The molecule has 0 aromatic carbocycles. The Labute approximate surface area is 111 Å². The number of pyridine rings is 1. The van der Waals surface area contributed by atoms with E-state index in [-0.39, 0.29) is 17.1 Å². The summed E-state index contributed by atoms with van der Waals surface area (Å²) in [6, 6.07) is 8.35. The number of nitrogens with one attached hydrogen (secondary N) is 1. The summed E-state index contributed by atoms with van der Waals surface area (Å²) >= 11 is 0. The first-order chi connectivity index (χ1) is 9.13. The Morgan fingerprint density at radius 2 is 2.05 bits per heavy atom. The Kier molecular flexibility index (Phi) is 3.94. The molecule has 1 N–H and O–H groups in total. The van der Waals surface area contributed by atoms with Gasteiger partial charge in [0.1, 0.15) is 11.0 Å². The average Bonchev–Trinajstić information content (AvgIpc) is 2.91. The Morgan fingerprint density at radius 1 is 1.32 bits per heavy atom. The maximum absolute atomic E-state index is 12.0. The van der Waals surface area contributed by atoms with Gasteiger partial charge in [-0.2, -0.15) is 5.26 Å². The van der Waals surface area contributed by atoms with E-state index in [0.717, 1.165) is 0 Å². The number of sulfonamides is 1. The number of rotatable bonds is 5. The molecule has 0 spiro atoms. The van der Waals surface area contributed by atoms with E-state index in [1.165, 1.54) is 18.3 Å². The highest BCUT2D eigenvalue weighted by Crippen LogP contribution is 2.11. The molecule has 0 atom stereocenters. The van der Waals surface area contributed by atoms with Crippen LogP contribution in [-0.4, -0.2) is 24.5 Å². The van der Waals surface area contributed by atoms with Crippen molar-refractivity contribution in [2.45, 2.75) is 11.4 Å². The quantitative estimate of drug-likeness (QED) is 0.872. The van der Waals surface area contributed by atoms with Crippen LogP contribution in [-0.2, 0) is 16.6 Å². The lowest BCUT2D eigenvalue weighted by Gasteiger charge is -2.08. The van der Waals surface area contributed by atoms with Gasteiger partial charge < -0.3 is 4.57 Å². The molecule has 7 heteroatoms. The molecule has 0 aliphatic heterocycles. The van der Waals surface area contributed by atoms with Crippen LogP contribution in [0, 0.1) is 11.3 Å². The molecule has 0 unspecified atom stereocenters. The predicted octanol–water partition coefficient (Wildman–Crippen LogP) is 0.733. The van der Waals surface area contributed by atoms with Crippen LogP contribution in [0.1, 0.15) is 5.69 Å². The number of hydrogen-bond acceptors (Lipinski definition) is 4. The van der Waals surface area contributed by atoms with Gasteiger partial charge in [-0.15, -0.1) is 0 Å². The summed E-state index contributed by atoms with van der Waals surface area (Å²) in [5.41, 5.74) is -0.101. The maximum atomic E-state index is 12.0. The minimum atomic E-state index is -3.70. The molecule has 0 radical (unpaired) electrons. The fourth-order valence-electron chi connectivity index (χ4n) is 1.60. The number of hydrogen-bond donors (Lipinski definition) is 1. The molecule has 19 heavy (non-hydrogen) atoms. The van der Waals surface area contributed by atoms with Gasteiger partial charge in [0.05, 0.1) is 0 Å². The molecule has 2 heterocycles. The maximum Gasteiger partial charge on any atom is 0.243 e. The molecule has 2 aromatic heterocycles. The largest absolute Gasteiger partial charge is 0.353 e. The van der Waals surface area contributed by atoms with Gasteiger partial charge in [0.25, 0.3) is 0 Å². The van der Waals surface area contributed by atoms with E-state index in [1.807, 2.05) is 29.1 Å². The molecule has 0 saturated heterocycles. The Bertz CT molecular complexity index is 687. The second kappa shape index (κ2) is 5.65. The van der Waals surface area contributed by atoms with Crippen LogP contribution in [0.2, 0.25) is 0 Å². The molecule has 98 valence electrons. The zero-order valence-electron chi connectivity index (χ0n) is 10.0. The minimum absolute atomic E-state index is 0.0926. The van der Waals surface area contributed by atoms with Crippen LogP contribution in [0.4, 0.5) is 0 Å². The number of aromatic nitrogens is 2. The van der Waals surface area contributed by atoms with Gasteiger partial charge in [0.15, 0.2) is 5.69 Å². The standard InChI is InChI=1S/C12H12N4O2S/c13-10-11-12(4-3-5-14-11)19(17,18)15-6-9-16-7-1-2-8-16/h1-5,7-8,15H,6,9H2. The normalized spacial score (nSPS) is 11.1. The second-order valence-electron chi connectivity index (χ2n) is 3.78. The van der Waals surface area contributed by atoms with Crippen molar-refractivity contribution in [3.63, 3.8) is 0 Å². The van der Waals surface area contributed by atoms with E-state index in [2.05, 4.69) is 9.71 Å². The van der Waals surface area contributed by atoms with Crippen molar-refractivity contribution in [1.29, 1.82) is 5.26 Å². The van der Waals surface area contributed by atoms with Crippen LogP contribution >= 0.6 is 0 Å². The fraction of sp³-hybridized carbons (Fsp3) is 0.167. The van der Waals surface area contributed by atoms with Gasteiger partial charge in [-0.1, -0.05) is 0 Å². The third kappa shape index (κ3) is 3.19. The van der Waals surface area contributed by atoms with Crippen molar-refractivity contribution >= 4 is 10.0 Å². The summed E-state index contributed by atoms with van der Waals surface area (Å²) in [6.45, 7) is 0.769. The highest BCUT2D eigenvalue weighted by atomic mass is 32.2. The predicted molar refractivity (Wildman–Crippen MR) is 68.6 cm³/mol. The van der Waals surface area contributed by atoms with Crippen molar-refractivity contribution in [2.24, 2.45) is 0 Å². The van der Waals surface area contributed by atoms with Crippen LogP contribution in [0.5, 0.6) is 0 Å². The number of nitriles is 1. The van der Waals surface area contributed by atoms with Crippen LogP contribution in [0.25, 0.3) is 0 Å². The zero-order valence-corrected chi connectivity index (χ0v) is 10.8. The summed E-state index contributed by atoms with van der Waals surface area (Å²) in [6.07, 6.45) is 5.08. The van der Waals surface area contributed by atoms with Gasteiger partial charge >= 0.3 is 0 Å². The Balaban J connectivity index is 2.08. The lowest BCUT2D eigenvalue weighted by Crippen LogP contribution is -2.28. The van der Waals surface area contributed by atoms with E-state index >= 15 is 0 Å². The number of nitrogens with zero attached hydrogens (tertiary/aromatic N) is 3. The Morgan fingerprint density at radius 3 is 2.74 bits per heavy atom. The molecule has 2 rings (SSSR count). The van der Waals surface area contributed by atoms with Crippen molar-refractivity contribution in [3.05, 3.63) is 48.5 Å². The molecule has 6 nitrogen and oxygen atoms in total. The summed E-state index contributed by atoms with van der Waals surface area (Å²) in [4.78, 5) is 3.64. The van der Waals surface area contributed by atoms with Crippen molar-refractivity contribution in [2.75, 3.05) is 6.54 Å². The molecule has 0 fully saturated rings. The molecule has 0 aliphatic rings. The third-order valence-electron chi connectivity index (χ3n) is 2.49. The van der Waals surface area contributed by atoms with Crippen LogP contribution < -0.4 is 4.72 Å². The highest BCUT2D eigenvalue weighted by molar-refractivity contribution is 7.89. The summed E-state index contributed by atoms with van der Waals surface area (Å²) in [5, 5.41) is 8.85. The first-order valence-electron chi connectivity index (χ1n) is 5.59. The van der Waals surface area contributed by atoms with E-state index in [1.54, 1.807) is 6.07 Å². The smallest absolute Gasteiger partial charge is 0.243 e. The van der Waals surface area contributed by atoms with Gasteiger partial charge in [0.2, 0.25) is 10.0 Å². The third-order valence-corrected chi connectivity index (χ3v) is 3.99. The molecule has 0 saturated carbocycles. The van der Waals surface area contributed by atoms with Crippen LogP contribution in [0.15, 0.2) is 47.8 Å². The Hall–Kier alpha value is -2.17. The lowest BCUT2D eigenvalue weighted by molar-refractivity contribution is 0.572. The molecule has 0 aliphatic carbocycles. The van der Waals surface area contributed by atoms with Crippen LogP contribution in [0.3, 0.4) is 0 Å². The molecule has 0 amide bonds. The van der Waals surface area contributed by atoms with Crippen molar-refractivity contribution in [1.82, 2.24) is 14.3 Å². The molecular formula is C12H12N4O2S. The average molecular weight is 276 g/mol. The second-order valence-corrected chi connectivity index (χ2v) is 5.52. The van der Waals surface area contributed by atoms with Crippen molar-refractivity contribution in [3.8, 4) is 6.07 Å². The monoisotopic (exact) mass is 276 g/mol. The molecule has 0 bridgehead atoms. The van der Waals surface area contributed by atoms with Gasteiger partial charge in [-0.3, -0.25) is 0 Å². The van der Waals surface area contributed by atoms with Crippen molar-refractivity contribution < 1.29 is 8.42 Å². The summed E-state index contributed by atoms with van der Waals surface area (Å²) in [7, 11) is -3.70. The fourth-order valence-corrected chi connectivity index (χ4v) is 2.72. The lowest BCUT2D eigenvalue weighted by atomic mass is 10.4. The summed E-state index contributed by atoms with van der Waals surface area (Å²) < 4.78 is 28.4.